The zero-order chi connectivity index (χ0) is 20.5. The molecule has 0 saturated heterocycles. The lowest BCUT2D eigenvalue weighted by molar-refractivity contribution is -0.114. The molecule has 6 heteroatoms. The van der Waals surface area contributed by atoms with Crippen LogP contribution in [-0.4, -0.2) is 25.7 Å². The van der Waals surface area contributed by atoms with Crippen LogP contribution in [0.3, 0.4) is 0 Å². The number of aryl methyl sites for hydroxylation is 1. The van der Waals surface area contributed by atoms with Crippen LogP contribution < -0.4 is 20.1 Å². The van der Waals surface area contributed by atoms with E-state index < -0.39 is 0 Å². The molecule has 3 rings (SSSR count). The Morgan fingerprint density at radius 3 is 2.34 bits per heavy atom. The van der Waals surface area contributed by atoms with Crippen molar-refractivity contribution in [2.75, 3.05) is 30.4 Å². The minimum absolute atomic E-state index is 0.134. The highest BCUT2D eigenvalue weighted by Gasteiger charge is 2.05. The summed E-state index contributed by atoms with van der Waals surface area (Å²) in [5.74, 6) is 1.31. The molecule has 3 aromatic carbocycles. The molecule has 0 bridgehead atoms. The van der Waals surface area contributed by atoms with Crippen LogP contribution in [0.4, 0.5) is 11.4 Å². The molecule has 0 saturated carbocycles. The Balaban J connectivity index is 1.43. The zero-order valence-electron chi connectivity index (χ0n) is 16.2. The van der Waals surface area contributed by atoms with Gasteiger partial charge in [0.1, 0.15) is 24.7 Å². The molecule has 0 atom stereocenters. The molecule has 150 valence electrons. The molecule has 0 heterocycles. The van der Waals surface area contributed by atoms with E-state index in [1.165, 1.54) is 0 Å². The lowest BCUT2D eigenvalue weighted by Gasteiger charge is -2.11. The number of amides is 1. The summed E-state index contributed by atoms with van der Waals surface area (Å²) >= 11 is 6.10. The SMILES string of the molecule is Cc1ccc(NCC(=O)Nc2cccc(OCCOc3ccccc3)c2)cc1Cl. The molecule has 0 radical (unpaired) electrons. The van der Waals surface area contributed by atoms with Crippen molar-refractivity contribution >= 4 is 28.9 Å². The number of halogens is 1. The third kappa shape index (κ3) is 6.73. The Morgan fingerprint density at radius 1 is 0.862 bits per heavy atom. The van der Waals surface area contributed by atoms with E-state index in [0.717, 1.165) is 17.0 Å². The van der Waals surface area contributed by atoms with E-state index in [0.29, 0.717) is 29.7 Å². The van der Waals surface area contributed by atoms with Gasteiger partial charge in [-0.25, -0.2) is 0 Å². The predicted octanol–water partition coefficient (Wildman–Crippen LogP) is 5.16. The van der Waals surface area contributed by atoms with Crippen LogP contribution in [-0.2, 0) is 4.79 Å². The van der Waals surface area contributed by atoms with Crippen molar-refractivity contribution < 1.29 is 14.3 Å². The second-order valence-corrected chi connectivity index (χ2v) is 6.81. The molecule has 5 nitrogen and oxygen atoms in total. The van der Waals surface area contributed by atoms with Gasteiger partial charge in [-0.05, 0) is 48.9 Å². The van der Waals surface area contributed by atoms with Crippen molar-refractivity contribution in [3.8, 4) is 11.5 Å². The average Bonchev–Trinajstić information content (AvgIpc) is 2.73. The van der Waals surface area contributed by atoms with E-state index in [1.54, 1.807) is 12.1 Å². The summed E-state index contributed by atoms with van der Waals surface area (Å²) in [5.41, 5.74) is 2.46. The quantitative estimate of drug-likeness (QED) is 0.478. The molecular weight excluding hydrogens is 388 g/mol. The zero-order valence-corrected chi connectivity index (χ0v) is 16.9. The van der Waals surface area contributed by atoms with Gasteiger partial charge >= 0.3 is 0 Å². The third-order valence-electron chi connectivity index (χ3n) is 4.11. The minimum atomic E-state index is -0.161. The van der Waals surface area contributed by atoms with Crippen LogP contribution in [0.15, 0.2) is 72.8 Å². The summed E-state index contributed by atoms with van der Waals surface area (Å²) in [5, 5.41) is 6.57. The van der Waals surface area contributed by atoms with Crippen LogP contribution >= 0.6 is 11.6 Å². The first-order valence-corrected chi connectivity index (χ1v) is 9.68. The highest BCUT2D eigenvalue weighted by Crippen LogP contribution is 2.20. The number of ether oxygens (including phenoxy) is 2. The fourth-order valence-electron chi connectivity index (χ4n) is 2.59. The van der Waals surface area contributed by atoms with Gasteiger partial charge < -0.3 is 20.1 Å². The van der Waals surface area contributed by atoms with Gasteiger partial charge in [-0.15, -0.1) is 0 Å². The Morgan fingerprint density at radius 2 is 1.59 bits per heavy atom. The fraction of sp³-hybridized carbons (Fsp3) is 0.174. The molecule has 0 fully saturated rings. The molecule has 0 aliphatic rings. The number of hydrogen-bond donors (Lipinski definition) is 2. The van der Waals surface area contributed by atoms with E-state index in [4.69, 9.17) is 21.1 Å². The lowest BCUT2D eigenvalue weighted by Crippen LogP contribution is -2.21. The number of nitrogens with one attached hydrogen (secondary N) is 2. The molecule has 0 aliphatic carbocycles. The van der Waals surface area contributed by atoms with Crippen LogP contribution in [0.1, 0.15) is 5.56 Å². The van der Waals surface area contributed by atoms with Crippen molar-refractivity contribution in [3.05, 3.63) is 83.4 Å². The lowest BCUT2D eigenvalue weighted by atomic mass is 10.2. The number of carbonyl (C=O) groups excluding carboxylic acids is 1. The van der Waals surface area contributed by atoms with Crippen molar-refractivity contribution in [2.45, 2.75) is 6.92 Å². The Bertz CT molecular complexity index is 948. The van der Waals surface area contributed by atoms with Gasteiger partial charge in [-0.2, -0.15) is 0 Å². The molecule has 0 aliphatic heterocycles. The third-order valence-corrected chi connectivity index (χ3v) is 4.51. The van der Waals surface area contributed by atoms with E-state index >= 15 is 0 Å². The maximum absolute atomic E-state index is 12.2. The number of benzene rings is 3. The van der Waals surface area contributed by atoms with Gasteiger partial charge in [-0.3, -0.25) is 4.79 Å². The topological polar surface area (TPSA) is 59.6 Å². The molecular formula is C23H23ClN2O3. The summed E-state index contributed by atoms with van der Waals surface area (Å²) in [7, 11) is 0. The van der Waals surface area contributed by atoms with E-state index in [9.17, 15) is 4.79 Å². The first-order chi connectivity index (χ1) is 14.1. The molecule has 0 spiro atoms. The Labute approximate surface area is 175 Å². The number of para-hydroxylation sites is 1. The maximum atomic E-state index is 12.2. The maximum Gasteiger partial charge on any atom is 0.243 e. The largest absolute Gasteiger partial charge is 0.490 e. The molecule has 1 amide bonds. The highest BCUT2D eigenvalue weighted by molar-refractivity contribution is 6.31. The predicted molar refractivity (Wildman–Crippen MR) is 117 cm³/mol. The van der Waals surface area contributed by atoms with Crippen LogP contribution in [0.5, 0.6) is 11.5 Å². The molecule has 0 aromatic heterocycles. The summed E-state index contributed by atoms with van der Waals surface area (Å²) in [6, 6.07) is 22.4. The summed E-state index contributed by atoms with van der Waals surface area (Å²) in [6.45, 7) is 2.91. The standard InChI is InChI=1S/C23H23ClN2O3/c1-17-10-11-18(15-22(17)24)25-16-23(27)26-19-6-5-9-21(14-19)29-13-12-28-20-7-3-2-4-8-20/h2-11,14-15,25H,12-13,16H2,1H3,(H,26,27). The van der Waals surface area contributed by atoms with Crippen molar-refractivity contribution in [3.63, 3.8) is 0 Å². The van der Waals surface area contributed by atoms with E-state index in [-0.39, 0.29) is 12.5 Å². The van der Waals surface area contributed by atoms with Crippen molar-refractivity contribution in [1.29, 1.82) is 0 Å². The minimum Gasteiger partial charge on any atom is -0.490 e. The van der Waals surface area contributed by atoms with Gasteiger partial charge in [0.15, 0.2) is 0 Å². The molecule has 0 unspecified atom stereocenters. The van der Waals surface area contributed by atoms with Gasteiger partial charge in [0.2, 0.25) is 5.91 Å². The second-order valence-electron chi connectivity index (χ2n) is 6.40. The van der Waals surface area contributed by atoms with Gasteiger partial charge in [0.25, 0.3) is 0 Å². The van der Waals surface area contributed by atoms with Crippen LogP contribution in [0.2, 0.25) is 5.02 Å². The average molecular weight is 411 g/mol. The van der Waals surface area contributed by atoms with Gasteiger partial charge in [-0.1, -0.05) is 41.9 Å². The van der Waals surface area contributed by atoms with Crippen molar-refractivity contribution in [2.24, 2.45) is 0 Å². The monoisotopic (exact) mass is 410 g/mol. The van der Waals surface area contributed by atoms with Gasteiger partial charge in [0, 0.05) is 22.5 Å². The first-order valence-electron chi connectivity index (χ1n) is 9.31. The number of rotatable bonds is 9. The second kappa shape index (κ2) is 10.4. The number of carbonyl (C=O) groups is 1. The smallest absolute Gasteiger partial charge is 0.243 e. The summed E-state index contributed by atoms with van der Waals surface area (Å²) in [4.78, 5) is 12.2. The number of hydrogen-bond acceptors (Lipinski definition) is 4. The number of anilines is 2. The Hall–Kier alpha value is -3.18. The molecule has 29 heavy (non-hydrogen) atoms. The Kier molecular flexibility index (Phi) is 7.36. The summed E-state index contributed by atoms with van der Waals surface area (Å²) in [6.07, 6.45) is 0. The van der Waals surface area contributed by atoms with Crippen LogP contribution in [0.25, 0.3) is 0 Å². The van der Waals surface area contributed by atoms with E-state index in [2.05, 4.69) is 10.6 Å². The fourth-order valence-corrected chi connectivity index (χ4v) is 2.77. The van der Waals surface area contributed by atoms with E-state index in [1.807, 2.05) is 67.6 Å². The molecule has 2 N–H and O–H groups in total. The van der Waals surface area contributed by atoms with Gasteiger partial charge in [0.05, 0.1) is 6.54 Å². The normalized spacial score (nSPS) is 10.3. The van der Waals surface area contributed by atoms with Crippen molar-refractivity contribution in [1.82, 2.24) is 0 Å². The first kappa shape index (κ1) is 20.6. The summed E-state index contributed by atoms with van der Waals surface area (Å²) < 4.78 is 11.3. The molecule has 3 aromatic rings. The highest BCUT2D eigenvalue weighted by atomic mass is 35.5. The van der Waals surface area contributed by atoms with Crippen LogP contribution in [0, 0.1) is 6.92 Å².